The number of nitrogens with zero attached hydrogens (tertiary/aromatic N) is 1. The van der Waals surface area contributed by atoms with E-state index in [-0.39, 0.29) is 12.1 Å². The third-order valence-corrected chi connectivity index (χ3v) is 2.32. The number of carbonyl (C=O) groups is 2. The van der Waals surface area contributed by atoms with Crippen molar-refractivity contribution in [1.82, 2.24) is 5.16 Å². The molecule has 92 valence electrons. The molecule has 2 N–H and O–H groups in total. The minimum Gasteiger partial charge on any atom is -0.481 e. The molecule has 0 saturated heterocycles. The number of aliphatic carboxylic acids is 1. The Kier molecular flexibility index (Phi) is 3.09. The molecule has 6 nitrogen and oxygen atoms in total. The van der Waals surface area contributed by atoms with E-state index in [0.29, 0.717) is 16.9 Å². The number of aromatic carboxylic acids is 1. The normalized spacial score (nSPS) is 10.2. The van der Waals surface area contributed by atoms with E-state index in [1.165, 1.54) is 6.07 Å². The topological polar surface area (TPSA) is 101 Å². The maximum Gasteiger partial charge on any atom is 0.358 e. The fourth-order valence-corrected chi connectivity index (χ4v) is 1.47. The molecular weight excluding hydrogens is 238 g/mol. The van der Waals surface area contributed by atoms with Gasteiger partial charge in [-0.15, -0.1) is 0 Å². The SMILES string of the molecule is O=C(O)Cc1ccc(-c2cc(C(=O)O)no2)cc1. The fraction of sp³-hybridized carbons (Fsp3) is 0.0833. The summed E-state index contributed by atoms with van der Waals surface area (Å²) >= 11 is 0. The van der Waals surface area contributed by atoms with Crippen LogP contribution in [0.3, 0.4) is 0 Å². The Hall–Kier alpha value is -2.63. The van der Waals surface area contributed by atoms with Crippen LogP contribution >= 0.6 is 0 Å². The van der Waals surface area contributed by atoms with Crippen molar-refractivity contribution in [3.05, 3.63) is 41.6 Å². The molecular formula is C12H9NO5. The molecule has 0 spiro atoms. The molecule has 0 saturated carbocycles. The molecule has 0 aliphatic rings. The predicted octanol–water partition coefficient (Wildman–Crippen LogP) is 1.67. The molecule has 0 unspecified atom stereocenters. The monoisotopic (exact) mass is 247 g/mol. The van der Waals surface area contributed by atoms with Gasteiger partial charge in [-0.25, -0.2) is 4.79 Å². The molecule has 1 heterocycles. The second-order valence-corrected chi connectivity index (χ2v) is 3.65. The van der Waals surface area contributed by atoms with Crippen LogP contribution in [0.25, 0.3) is 11.3 Å². The minimum atomic E-state index is -1.16. The van der Waals surface area contributed by atoms with Gasteiger partial charge in [0.05, 0.1) is 6.42 Å². The number of hydrogen-bond acceptors (Lipinski definition) is 4. The highest BCUT2D eigenvalue weighted by molar-refractivity contribution is 5.86. The van der Waals surface area contributed by atoms with Crippen molar-refractivity contribution in [3.63, 3.8) is 0 Å². The molecule has 0 radical (unpaired) electrons. The maximum atomic E-state index is 10.6. The van der Waals surface area contributed by atoms with E-state index in [2.05, 4.69) is 5.16 Å². The quantitative estimate of drug-likeness (QED) is 0.852. The lowest BCUT2D eigenvalue weighted by molar-refractivity contribution is -0.136. The van der Waals surface area contributed by atoms with Gasteiger partial charge in [0.25, 0.3) is 0 Å². The molecule has 0 aliphatic heterocycles. The van der Waals surface area contributed by atoms with Gasteiger partial charge >= 0.3 is 11.9 Å². The molecule has 1 aromatic carbocycles. The van der Waals surface area contributed by atoms with Crippen molar-refractivity contribution < 1.29 is 24.3 Å². The lowest BCUT2D eigenvalue weighted by atomic mass is 10.1. The summed E-state index contributed by atoms with van der Waals surface area (Å²) in [5.74, 6) is -1.74. The Labute approximate surface area is 101 Å². The van der Waals surface area contributed by atoms with E-state index < -0.39 is 11.9 Å². The first kappa shape index (κ1) is 11.8. The molecule has 0 aliphatic carbocycles. The summed E-state index contributed by atoms with van der Waals surface area (Å²) in [6, 6.07) is 7.92. The molecule has 0 atom stereocenters. The Bertz CT molecular complexity index is 585. The largest absolute Gasteiger partial charge is 0.481 e. The van der Waals surface area contributed by atoms with Crippen LogP contribution in [0.4, 0.5) is 0 Å². The minimum absolute atomic E-state index is 0.0585. The number of aromatic nitrogens is 1. The average Bonchev–Trinajstić information content (AvgIpc) is 2.78. The van der Waals surface area contributed by atoms with Gasteiger partial charge < -0.3 is 14.7 Å². The van der Waals surface area contributed by atoms with Crippen LogP contribution in [0.15, 0.2) is 34.9 Å². The molecule has 0 fully saturated rings. The summed E-state index contributed by atoms with van der Waals surface area (Å²) in [7, 11) is 0. The van der Waals surface area contributed by atoms with E-state index in [1.54, 1.807) is 24.3 Å². The Morgan fingerprint density at radius 2 is 1.83 bits per heavy atom. The Morgan fingerprint density at radius 3 is 2.33 bits per heavy atom. The van der Waals surface area contributed by atoms with E-state index in [9.17, 15) is 9.59 Å². The molecule has 0 amide bonds. The smallest absolute Gasteiger partial charge is 0.358 e. The number of carboxylic acid groups (broad SMARTS) is 2. The summed E-state index contributed by atoms with van der Waals surface area (Å²) in [6.07, 6.45) is -0.0585. The summed E-state index contributed by atoms with van der Waals surface area (Å²) in [5.41, 5.74) is 1.13. The lowest BCUT2D eigenvalue weighted by Gasteiger charge is -1.98. The summed E-state index contributed by atoms with van der Waals surface area (Å²) in [5, 5.41) is 20.7. The zero-order chi connectivity index (χ0) is 13.1. The van der Waals surface area contributed by atoms with Crippen LogP contribution in [0.5, 0.6) is 0 Å². The van der Waals surface area contributed by atoms with Crippen LogP contribution in [-0.2, 0) is 11.2 Å². The van der Waals surface area contributed by atoms with Crippen molar-refractivity contribution in [1.29, 1.82) is 0 Å². The van der Waals surface area contributed by atoms with Gasteiger partial charge in [-0.3, -0.25) is 4.79 Å². The van der Waals surface area contributed by atoms with Gasteiger partial charge in [0.15, 0.2) is 11.5 Å². The van der Waals surface area contributed by atoms with Gasteiger partial charge in [-0.1, -0.05) is 29.4 Å². The number of hydrogen-bond donors (Lipinski definition) is 2. The first-order valence-electron chi connectivity index (χ1n) is 5.07. The molecule has 1 aromatic heterocycles. The summed E-state index contributed by atoms with van der Waals surface area (Å²) in [4.78, 5) is 21.1. The van der Waals surface area contributed by atoms with Gasteiger partial charge in [-0.2, -0.15) is 0 Å². The predicted molar refractivity (Wildman–Crippen MR) is 60.2 cm³/mol. The highest BCUT2D eigenvalue weighted by Crippen LogP contribution is 2.21. The third kappa shape index (κ3) is 2.54. The van der Waals surface area contributed by atoms with Gasteiger partial charge in [0, 0.05) is 11.6 Å². The highest BCUT2D eigenvalue weighted by atomic mass is 16.5. The molecule has 2 aromatic rings. The van der Waals surface area contributed by atoms with Crippen molar-refractivity contribution in [2.24, 2.45) is 0 Å². The Morgan fingerprint density at radius 1 is 1.17 bits per heavy atom. The van der Waals surface area contributed by atoms with E-state index >= 15 is 0 Å². The fourth-order valence-electron chi connectivity index (χ4n) is 1.47. The molecule has 6 heteroatoms. The van der Waals surface area contributed by atoms with Crippen molar-refractivity contribution >= 4 is 11.9 Å². The van der Waals surface area contributed by atoms with Crippen molar-refractivity contribution in [3.8, 4) is 11.3 Å². The number of carboxylic acids is 2. The molecule has 2 rings (SSSR count). The van der Waals surface area contributed by atoms with Gasteiger partial charge in [0.2, 0.25) is 0 Å². The first-order chi connectivity index (χ1) is 8.56. The molecule has 18 heavy (non-hydrogen) atoms. The van der Waals surface area contributed by atoms with Crippen LogP contribution in [-0.4, -0.2) is 27.3 Å². The van der Waals surface area contributed by atoms with Gasteiger partial charge in [0.1, 0.15) is 0 Å². The number of benzene rings is 1. The van der Waals surface area contributed by atoms with E-state index in [1.807, 2.05) is 0 Å². The second-order valence-electron chi connectivity index (χ2n) is 3.65. The summed E-state index contributed by atoms with van der Waals surface area (Å²) in [6.45, 7) is 0. The standard InChI is InChI=1S/C12H9NO5/c14-11(15)5-7-1-3-8(4-2-7)10-6-9(12(16)17)13-18-10/h1-4,6H,5H2,(H,14,15)(H,16,17). The first-order valence-corrected chi connectivity index (χ1v) is 5.07. The molecule has 0 bridgehead atoms. The van der Waals surface area contributed by atoms with Gasteiger partial charge in [-0.05, 0) is 5.56 Å². The highest BCUT2D eigenvalue weighted by Gasteiger charge is 2.12. The van der Waals surface area contributed by atoms with Crippen LogP contribution in [0.1, 0.15) is 16.1 Å². The summed E-state index contributed by atoms with van der Waals surface area (Å²) < 4.78 is 4.89. The number of rotatable bonds is 4. The zero-order valence-corrected chi connectivity index (χ0v) is 9.16. The van der Waals surface area contributed by atoms with Crippen LogP contribution in [0.2, 0.25) is 0 Å². The zero-order valence-electron chi connectivity index (χ0n) is 9.16. The maximum absolute atomic E-state index is 10.6. The second kappa shape index (κ2) is 4.70. The van der Waals surface area contributed by atoms with Crippen LogP contribution in [0, 0.1) is 0 Å². The van der Waals surface area contributed by atoms with Crippen molar-refractivity contribution in [2.75, 3.05) is 0 Å². The third-order valence-electron chi connectivity index (χ3n) is 2.32. The van der Waals surface area contributed by atoms with Crippen molar-refractivity contribution in [2.45, 2.75) is 6.42 Å². The van der Waals surface area contributed by atoms with E-state index in [0.717, 1.165) is 0 Å². The van der Waals surface area contributed by atoms with E-state index in [4.69, 9.17) is 14.7 Å². The Balaban J connectivity index is 2.22. The lowest BCUT2D eigenvalue weighted by Crippen LogP contribution is -1.99. The van der Waals surface area contributed by atoms with Crippen LogP contribution < -0.4 is 0 Å². The average molecular weight is 247 g/mol.